The lowest BCUT2D eigenvalue weighted by molar-refractivity contribution is -0.253. The number of carbonyl (C=O) groups excluding carboxylic acids is 1. The van der Waals surface area contributed by atoms with Gasteiger partial charge in [-0.15, -0.1) is 0 Å². The number of rotatable bonds is 0. The molecule has 0 spiro atoms. The Kier molecular flexibility index (Phi) is 2.41. The number of nitrogens with zero attached hydrogens (tertiary/aromatic N) is 1. The van der Waals surface area contributed by atoms with Gasteiger partial charge in [-0.1, -0.05) is 11.6 Å². The Morgan fingerprint density at radius 3 is 2.53 bits per heavy atom. The lowest BCUT2D eigenvalue weighted by atomic mass is 9.95. The number of amides is 1. The van der Waals surface area contributed by atoms with E-state index in [1.165, 1.54) is 19.2 Å². The molecule has 7 heteroatoms. The van der Waals surface area contributed by atoms with Crippen LogP contribution in [0.25, 0.3) is 0 Å². The summed E-state index contributed by atoms with van der Waals surface area (Å²) in [6, 6.07) is 3.57. The van der Waals surface area contributed by atoms with E-state index in [4.69, 9.17) is 11.6 Å². The van der Waals surface area contributed by atoms with E-state index in [1.54, 1.807) is 0 Å². The molecule has 0 radical (unpaired) electrons. The van der Waals surface area contributed by atoms with Crippen LogP contribution in [-0.2, 0) is 10.4 Å². The SMILES string of the molecule is CN1C(=O)C(O)(C(F)(F)F)c2cc(Cl)ccc21. The van der Waals surface area contributed by atoms with Crippen molar-refractivity contribution >= 4 is 23.2 Å². The van der Waals surface area contributed by atoms with Crippen molar-refractivity contribution in [2.75, 3.05) is 11.9 Å². The fourth-order valence-corrected chi connectivity index (χ4v) is 2.00. The van der Waals surface area contributed by atoms with Crippen LogP contribution in [0.4, 0.5) is 18.9 Å². The normalized spacial score (nSPS) is 24.1. The maximum Gasteiger partial charge on any atom is 0.430 e. The zero-order valence-corrected chi connectivity index (χ0v) is 9.30. The quantitative estimate of drug-likeness (QED) is 0.780. The Morgan fingerprint density at radius 2 is 2.00 bits per heavy atom. The topological polar surface area (TPSA) is 40.5 Å². The van der Waals surface area contributed by atoms with Crippen LogP contribution in [0, 0.1) is 0 Å². The highest BCUT2D eigenvalue weighted by atomic mass is 35.5. The molecule has 0 fully saturated rings. The molecule has 0 bridgehead atoms. The second-order valence-corrected chi connectivity index (χ2v) is 4.17. The minimum atomic E-state index is -5.09. The van der Waals surface area contributed by atoms with E-state index in [2.05, 4.69) is 0 Å². The number of hydrogen-bond donors (Lipinski definition) is 1. The molecule has 1 N–H and O–H groups in total. The molecular formula is C10H7ClF3NO2. The van der Waals surface area contributed by atoms with Gasteiger partial charge in [-0.2, -0.15) is 13.2 Å². The molecule has 1 aromatic rings. The molecule has 1 heterocycles. The van der Waals surface area contributed by atoms with Crippen molar-refractivity contribution in [2.24, 2.45) is 0 Å². The molecule has 2 rings (SSSR count). The minimum absolute atomic E-state index is 0.000718. The van der Waals surface area contributed by atoms with Crippen molar-refractivity contribution in [1.82, 2.24) is 0 Å². The molecule has 92 valence electrons. The van der Waals surface area contributed by atoms with Gasteiger partial charge in [0, 0.05) is 17.6 Å². The van der Waals surface area contributed by atoms with Crippen LogP contribution in [0.3, 0.4) is 0 Å². The van der Waals surface area contributed by atoms with Crippen LogP contribution < -0.4 is 4.90 Å². The van der Waals surface area contributed by atoms with E-state index < -0.39 is 23.2 Å². The summed E-state index contributed by atoms with van der Waals surface area (Å²) in [7, 11) is 1.17. The molecule has 1 aliphatic heterocycles. The highest BCUT2D eigenvalue weighted by Gasteiger charge is 2.66. The fraction of sp³-hybridized carbons (Fsp3) is 0.300. The standard InChI is InChI=1S/C10H7ClF3NO2/c1-15-7-3-2-5(11)4-6(7)9(17,8(15)16)10(12,13)14/h2-4,17H,1H3. The molecule has 1 unspecified atom stereocenters. The third-order valence-electron chi connectivity index (χ3n) is 2.73. The number of carbonyl (C=O) groups is 1. The number of hydrogen-bond acceptors (Lipinski definition) is 2. The zero-order chi connectivity index (χ0) is 13.0. The lowest BCUT2D eigenvalue weighted by Crippen LogP contribution is -2.49. The maximum absolute atomic E-state index is 12.8. The first-order valence-electron chi connectivity index (χ1n) is 4.57. The number of fused-ring (bicyclic) bond motifs is 1. The van der Waals surface area contributed by atoms with Crippen molar-refractivity contribution in [3.8, 4) is 0 Å². The van der Waals surface area contributed by atoms with E-state index >= 15 is 0 Å². The van der Waals surface area contributed by atoms with Crippen molar-refractivity contribution in [2.45, 2.75) is 11.8 Å². The van der Waals surface area contributed by atoms with Gasteiger partial charge in [-0.05, 0) is 18.2 Å². The van der Waals surface area contributed by atoms with Gasteiger partial charge in [0.1, 0.15) is 0 Å². The summed E-state index contributed by atoms with van der Waals surface area (Å²) >= 11 is 5.59. The molecule has 0 aromatic heterocycles. The van der Waals surface area contributed by atoms with Crippen LogP contribution in [0.5, 0.6) is 0 Å². The van der Waals surface area contributed by atoms with Gasteiger partial charge in [0.15, 0.2) is 0 Å². The Bertz CT molecular complexity index is 503. The third-order valence-corrected chi connectivity index (χ3v) is 2.97. The van der Waals surface area contributed by atoms with Crippen molar-refractivity contribution in [3.63, 3.8) is 0 Å². The van der Waals surface area contributed by atoms with Gasteiger partial charge >= 0.3 is 6.18 Å². The van der Waals surface area contributed by atoms with Crippen LogP contribution >= 0.6 is 11.6 Å². The molecule has 3 nitrogen and oxygen atoms in total. The third kappa shape index (κ3) is 1.44. The Hall–Kier alpha value is -1.27. The Balaban J connectivity index is 2.74. The molecule has 1 aliphatic rings. The van der Waals surface area contributed by atoms with Gasteiger partial charge in [0.05, 0.1) is 5.69 Å². The van der Waals surface area contributed by atoms with Crippen LogP contribution in [0.1, 0.15) is 5.56 Å². The second-order valence-electron chi connectivity index (χ2n) is 3.73. The van der Waals surface area contributed by atoms with Gasteiger partial charge in [0.2, 0.25) is 0 Å². The summed E-state index contributed by atoms with van der Waals surface area (Å²) in [5, 5.41) is 9.69. The molecule has 1 aromatic carbocycles. The second kappa shape index (κ2) is 3.36. The molecular weight excluding hydrogens is 259 g/mol. The molecule has 0 saturated carbocycles. The number of likely N-dealkylation sites (N-methyl/N-ethyl adjacent to an activating group) is 1. The van der Waals surface area contributed by atoms with Gasteiger partial charge in [-0.3, -0.25) is 4.79 Å². The summed E-state index contributed by atoms with van der Waals surface area (Å²) in [5.41, 5.74) is -4.05. The Labute approximate surface area is 99.4 Å². The number of alkyl halides is 3. The van der Waals surface area contributed by atoms with E-state index in [1.807, 2.05) is 0 Å². The van der Waals surface area contributed by atoms with Crippen LogP contribution in [-0.4, -0.2) is 24.2 Å². The van der Waals surface area contributed by atoms with Gasteiger partial charge in [-0.25, -0.2) is 0 Å². The summed E-state index contributed by atoms with van der Waals surface area (Å²) in [5.74, 6) is -1.43. The maximum atomic E-state index is 12.8. The zero-order valence-electron chi connectivity index (χ0n) is 8.55. The van der Waals surface area contributed by atoms with Crippen LogP contribution in [0.2, 0.25) is 5.02 Å². The first-order chi connectivity index (χ1) is 7.69. The van der Waals surface area contributed by atoms with Gasteiger partial charge < -0.3 is 10.0 Å². The number of anilines is 1. The Morgan fingerprint density at radius 1 is 1.41 bits per heavy atom. The summed E-state index contributed by atoms with van der Waals surface area (Å²) in [4.78, 5) is 12.3. The van der Waals surface area contributed by atoms with Crippen LogP contribution in [0.15, 0.2) is 18.2 Å². The largest absolute Gasteiger partial charge is 0.430 e. The average Bonchev–Trinajstić information content (AvgIpc) is 2.41. The number of aliphatic hydroxyl groups is 1. The highest BCUT2D eigenvalue weighted by molar-refractivity contribution is 6.31. The fourth-order valence-electron chi connectivity index (χ4n) is 1.83. The minimum Gasteiger partial charge on any atom is -0.368 e. The summed E-state index contributed by atoms with van der Waals surface area (Å²) in [6.07, 6.45) is -5.09. The molecule has 1 atom stereocenters. The van der Waals surface area contributed by atoms with E-state index in [-0.39, 0.29) is 10.7 Å². The first-order valence-corrected chi connectivity index (χ1v) is 4.94. The van der Waals surface area contributed by atoms with Crippen molar-refractivity contribution < 1.29 is 23.1 Å². The average molecular weight is 266 g/mol. The summed E-state index contributed by atoms with van der Waals surface area (Å²) < 4.78 is 38.5. The van der Waals surface area contributed by atoms with Gasteiger partial charge in [0.25, 0.3) is 11.5 Å². The molecule has 1 amide bonds. The van der Waals surface area contributed by atoms with E-state index in [0.717, 1.165) is 11.0 Å². The van der Waals surface area contributed by atoms with E-state index in [0.29, 0.717) is 0 Å². The molecule has 17 heavy (non-hydrogen) atoms. The van der Waals surface area contributed by atoms with Crippen molar-refractivity contribution in [3.05, 3.63) is 28.8 Å². The number of benzene rings is 1. The number of halogens is 4. The van der Waals surface area contributed by atoms with E-state index in [9.17, 15) is 23.1 Å². The molecule has 0 saturated heterocycles. The summed E-state index contributed by atoms with van der Waals surface area (Å²) in [6.45, 7) is 0. The predicted octanol–water partition coefficient (Wildman–Crippen LogP) is 2.07. The van der Waals surface area contributed by atoms with Crippen molar-refractivity contribution in [1.29, 1.82) is 0 Å². The smallest absolute Gasteiger partial charge is 0.368 e. The lowest BCUT2D eigenvalue weighted by Gasteiger charge is -2.24. The highest BCUT2D eigenvalue weighted by Crippen LogP contribution is 2.49. The predicted molar refractivity (Wildman–Crippen MR) is 54.8 cm³/mol. The monoisotopic (exact) mass is 265 g/mol. The molecule has 0 aliphatic carbocycles. The first kappa shape index (κ1) is 12.2.